The zero-order valence-corrected chi connectivity index (χ0v) is 19.9. The lowest BCUT2D eigenvalue weighted by molar-refractivity contribution is -0.121. The Morgan fingerprint density at radius 2 is 1.86 bits per heavy atom. The molecule has 0 saturated heterocycles. The molecule has 0 aliphatic carbocycles. The summed E-state index contributed by atoms with van der Waals surface area (Å²) >= 11 is 0. The van der Waals surface area contributed by atoms with E-state index in [9.17, 15) is 9.59 Å². The number of hydrogen-bond acceptors (Lipinski definition) is 3. The highest BCUT2D eigenvalue weighted by molar-refractivity contribution is 14.0. The molecule has 1 unspecified atom stereocenters. The molecule has 0 radical (unpaired) electrons. The van der Waals surface area contributed by atoms with Crippen molar-refractivity contribution in [1.82, 2.24) is 20.9 Å². The molecule has 1 aromatic carbocycles. The van der Waals surface area contributed by atoms with Gasteiger partial charge in [0.05, 0.1) is 0 Å². The second-order valence-electron chi connectivity index (χ2n) is 6.70. The number of amides is 2. The number of aliphatic imine (C=N–C) groups is 1. The van der Waals surface area contributed by atoms with Crippen molar-refractivity contribution in [2.24, 2.45) is 4.99 Å². The summed E-state index contributed by atoms with van der Waals surface area (Å²) < 4.78 is 0. The van der Waals surface area contributed by atoms with Crippen LogP contribution in [0.15, 0.2) is 29.3 Å². The van der Waals surface area contributed by atoms with Gasteiger partial charge in [-0.2, -0.15) is 0 Å². The highest BCUT2D eigenvalue weighted by Crippen LogP contribution is 2.07. The number of nitrogens with one attached hydrogen (secondary N) is 3. The normalized spacial score (nSPS) is 11.8. The monoisotopic (exact) mass is 503 g/mol. The van der Waals surface area contributed by atoms with Crippen LogP contribution in [-0.4, -0.2) is 62.9 Å². The van der Waals surface area contributed by atoms with Gasteiger partial charge in [-0.05, 0) is 37.5 Å². The summed E-state index contributed by atoms with van der Waals surface area (Å²) in [6.45, 7) is 5.24. The fraction of sp³-hybridized carbons (Fsp3) is 0.550. The molecule has 7 nitrogen and oxygen atoms in total. The molecule has 8 heteroatoms. The average Bonchev–Trinajstić information content (AvgIpc) is 2.66. The molecule has 2 amide bonds. The number of hydrogen-bond donors (Lipinski definition) is 3. The van der Waals surface area contributed by atoms with E-state index in [1.807, 2.05) is 38.1 Å². The van der Waals surface area contributed by atoms with Gasteiger partial charge in [0.1, 0.15) is 0 Å². The first-order valence-corrected chi connectivity index (χ1v) is 9.41. The average molecular weight is 503 g/mol. The van der Waals surface area contributed by atoms with Gasteiger partial charge in [-0.25, -0.2) is 0 Å². The molecule has 0 bridgehead atoms. The first kappa shape index (κ1) is 26.2. The maximum atomic E-state index is 12.0. The molecule has 28 heavy (non-hydrogen) atoms. The van der Waals surface area contributed by atoms with E-state index in [1.54, 1.807) is 26.0 Å². The third-order valence-corrected chi connectivity index (χ3v) is 4.17. The van der Waals surface area contributed by atoms with E-state index < -0.39 is 0 Å². The lowest BCUT2D eigenvalue weighted by Crippen LogP contribution is -2.41. The standard InChI is InChI=1S/C20H33N5O2.HI/c1-6-15(2)24-18(26)11-13-23-20(21-3)22-12-10-16-8-7-9-17(14-16)19(27)25(4)5;/h7-9,14-15H,6,10-13H2,1-5H3,(H,24,26)(H2,21,22,23);1H. The molecule has 0 fully saturated rings. The number of guanidine groups is 1. The molecule has 0 aliphatic heterocycles. The van der Waals surface area contributed by atoms with Crippen LogP contribution in [0.25, 0.3) is 0 Å². The third kappa shape index (κ3) is 9.91. The highest BCUT2D eigenvalue weighted by atomic mass is 127. The first-order chi connectivity index (χ1) is 12.9. The van der Waals surface area contributed by atoms with Gasteiger partial charge in [0.2, 0.25) is 5.91 Å². The van der Waals surface area contributed by atoms with Crippen LogP contribution in [0, 0.1) is 0 Å². The number of nitrogens with zero attached hydrogens (tertiary/aromatic N) is 2. The van der Waals surface area contributed by atoms with Crippen molar-refractivity contribution in [1.29, 1.82) is 0 Å². The SMILES string of the molecule is CCC(C)NC(=O)CCNC(=NC)NCCc1cccc(C(=O)N(C)C)c1.I. The number of carbonyl (C=O) groups is 2. The van der Waals surface area contributed by atoms with Crippen LogP contribution in [0.5, 0.6) is 0 Å². The van der Waals surface area contributed by atoms with Gasteiger partial charge in [-0.1, -0.05) is 19.1 Å². The van der Waals surface area contributed by atoms with Crippen LogP contribution < -0.4 is 16.0 Å². The fourth-order valence-corrected chi connectivity index (χ4v) is 2.41. The van der Waals surface area contributed by atoms with E-state index in [0.29, 0.717) is 31.0 Å². The first-order valence-electron chi connectivity index (χ1n) is 9.41. The summed E-state index contributed by atoms with van der Waals surface area (Å²) in [7, 11) is 5.19. The Labute approximate surface area is 185 Å². The lowest BCUT2D eigenvalue weighted by atomic mass is 10.1. The van der Waals surface area contributed by atoms with Gasteiger partial charge in [0.15, 0.2) is 5.96 Å². The molecule has 158 valence electrons. The fourth-order valence-electron chi connectivity index (χ4n) is 2.41. The van der Waals surface area contributed by atoms with Crippen LogP contribution >= 0.6 is 24.0 Å². The minimum Gasteiger partial charge on any atom is -0.356 e. The highest BCUT2D eigenvalue weighted by Gasteiger charge is 2.08. The zero-order valence-electron chi connectivity index (χ0n) is 17.5. The molecule has 0 aliphatic rings. The van der Waals surface area contributed by atoms with Crippen LogP contribution in [0.3, 0.4) is 0 Å². The summed E-state index contributed by atoms with van der Waals surface area (Å²) in [5.41, 5.74) is 1.77. The van der Waals surface area contributed by atoms with Crippen LogP contribution in [0.2, 0.25) is 0 Å². The van der Waals surface area contributed by atoms with E-state index in [2.05, 4.69) is 20.9 Å². The Kier molecular flexibility index (Phi) is 13.3. The maximum Gasteiger partial charge on any atom is 0.253 e. The van der Waals surface area contributed by atoms with Gasteiger partial charge in [0.25, 0.3) is 5.91 Å². The maximum absolute atomic E-state index is 12.0. The summed E-state index contributed by atoms with van der Waals surface area (Å²) in [6.07, 6.45) is 2.09. The van der Waals surface area contributed by atoms with E-state index in [1.165, 1.54) is 0 Å². The smallest absolute Gasteiger partial charge is 0.253 e. The molecule has 0 aromatic heterocycles. The molecule has 3 N–H and O–H groups in total. The van der Waals surface area contributed by atoms with Gasteiger partial charge in [-0.3, -0.25) is 14.6 Å². The Morgan fingerprint density at radius 3 is 2.46 bits per heavy atom. The molecule has 1 rings (SSSR count). The van der Waals surface area contributed by atoms with Crippen LogP contribution in [0.1, 0.15) is 42.6 Å². The largest absolute Gasteiger partial charge is 0.356 e. The quantitative estimate of drug-likeness (QED) is 0.274. The predicted molar refractivity (Wildman–Crippen MR) is 125 cm³/mol. The van der Waals surface area contributed by atoms with Crippen molar-refractivity contribution in [3.05, 3.63) is 35.4 Å². The third-order valence-electron chi connectivity index (χ3n) is 4.17. The van der Waals surface area contributed by atoms with Gasteiger partial charge < -0.3 is 20.9 Å². The van der Waals surface area contributed by atoms with Crippen LogP contribution in [-0.2, 0) is 11.2 Å². The van der Waals surface area contributed by atoms with E-state index in [4.69, 9.17) is 0 Å². The van der Waals surface area contributed by atoms with Crippen LogP contribution in [0.4, 0.5) is 0 Å². The zero-order chi connectivity index (χ0) is 20.2. The van der Waals surface area contributed by atoms with Crippen molar-refractivity contribution in [2.45, 2.75) is 39.2 Å². The second-order valence-corrected chi connectivity index (χ2v) is 6.70. The molecular formula is C20H34IN5O2. The summed E-state index contributed by atoms with van der Waals surface area (Å²) in [6, 6.07) is 7.84. The molecule has 0 saturated carbocycles. The minimum absolute atomic E-state index is 0. The van der Waals surface area contributed by atoms with Gasteiger partial charge in [0, 0.05) is 52.3 Å². The van der Waals surface area contributed by atoms with Crippen molar-refractivity contribution < 1.29 is 9.59 Å². The van der Waals surface area contributed by atoms with Gasteiger partial charge >= 0.3 is 0 Å². The van der Waals surface area contributed by atoms with Gasteiger partial charge in [-0.15, -0.1) is 24.0 Å². The molecular weight excluding hydrogens is 469 g/mol. The summed E-state index contributed by atoms with van der Waals surface area (Å²) in [5.74, 6) is 0.694. The molecule has 0 spiro atoms. The molecule has 0 heterocycles. The Bertz CT molecular complexity index is 649. The summed E-state index contributed by atoms with van der Waals surface area (Å²) in [5, 5.41) is 9.30. The van der Waals surface area contributed by atoms with Crippen molar-refractivity contribution in [3.63, 3.8) is 0 Å². The van der Waals surface area contributed by atoms with Crippen molar-refractivity contribution in [3.8, 4) is 0 Å². The van der Waals surface area contributed by atoms with E-state index >= 15 is 0 Å². The molecule has 1 atom stereocenters. The van der Waals surface area contributed by atoms with E-state index in [0.717, 1.165) is 18.4 Å². The predicted octanol–water partition coefficient (Wildman–Crippen LogP) is 2.02. The lowest BCUT2D eigenvalue weighted by Gasteiger charge is -2.14. The Morgan fingerprint density at radius 1 is 1.18 bits per heavy atom. The Hall–Kier alpha value is -1.84. The number of halogens is 1. The molecule has 1 aromatic rings. The number of carbonyl (C=O) groups excluding carboxylic acids is 2. The second kappa shape index (κ2) is 14.2. The summed E-state index contributed by atoms with van der Waals surface area (Å²) in [4.78, 5) is 29.5. The van der Waals surface area contributed by atoms with E-state index in [-0.39, 0.29) is 41.8 Å². The van der Waals surface area contributed by atoms with Crippen molar-refractivity contribution in [2.75, 3.05) is 34.2 Å². The minimum atomic E-state index is -0.00189. The Balaban J connectivity index is 0.00000729. The topological polar surface area (TPSA) is 85.8 Å². The number of benzene rings is 1. The van der Waals surface area contributed by atoms with Crippen molar-refractivity contribution >= 4 is 41.8 Å². The number of rotatable bonds is 9.